The molecule has 4 nitrogen and oxygen atoms in total. The Morgan fingerprint density at radius 1 is 1.26 bits per heavy atom. The number of hydrogen-bond acceptors (Lipinski definition) is 2. The molecule has 19 heavy (non-hydrogen) atoms. The highest BCUT2D eigenvalue weighted by atomic mass is 28.3. The summed E-state index contributed by atoms with van der Waals surface area (Å²) in [4.78, 5) is 19.5. The number of carbonyl (C=O) groups is 1. The molecule has 0 bridgehead atoms. The van der Waals surface area contributed by atoms with Crippen LogP contribution in [0, 0.1) is 0 Å². The van der Waals surface area contributed by atoms with Crippen LogP contribution in [-0.4, -0.2) is 26.1 Å². The molecule has 1 N–H and O–H groups in total. The van der Waals surface area contributed by atoms with Gasteiger partial charge in [-0.15, -0.1) is 0 Å². The summed E-state index contributed by atoms with van der Waals surface area (Å²) in [5.74, 6) is 0.716. The molecular formula is C14H16N2O2Si. The summed E-state index contributed by atoms with van der Waals surface area (Å²) in [5.41, 5.74) is 1.70. The predicted octanol–water partition coefficient (Wildman–Crippen LogP) is 1.36. The fourth-order valence-corrected chi connectivity index (χ4v) is 4.28. The summed E-state index contributed by atoms with van der Waals surface area (Å²) < 4.78 is 5.27. The third-order valence-corrected chi connectivity index (χ3v) is 5.38. The van der Waals surface area contributed by atoms with E-state index >= 15 is 0 Å². The molecule has 0 radical (unpaired) electrons. The van der Waals surface area contributed by atoms with Gasteiger partial charge in [-0.1, -0.05) is 19.6 Å². The van der Waals surface area contributed by atoms with Crippen molar-refractivity contribution in [3.63, 3.8) is 0 Å². The standard InChI is InChI=1S/C14H16N2O2Si/c1-18-8-5-6-10-9(7-8)11-12(19(2,3)4)14(17)16-13(11)15-10/h5-7H,1-4H3,(H,15,16,17). The van der Waals surface area contributed by atoms with E-state index in [0.717, 1.165) is 27.1 Å². The first-order valence-electron chi connectivity index (χ1n) is 6.25. The number of rotatable bonds is 2. The van der Waals surface area contributed by atoms with Gasteiger partial charge in [0.25, 0.3) is 5.91 Å². The van der Waals surface area contributed by atoms with Crippen molar-refractivity contribution in [1.82, 2.24) is 4.98 Å². The number of aromatic amines is 1. The number of amides is 1. The van der Waals surface area contributed by atoms with Gasteiger partial charge in [0.1, 0.15) is 11.2 Å². The Hall–Kier alpha value is -1.88. The predicted molar refractivity (Wildman–Crippen MR) is 77.4 cm³/mol. The van der Waals surface area contributed by atoms with Crippen molar-refractivity contribution >= 4 is 30.1 Å². The highest BCUT2D eigenvalue weighted by molar-refractivity contribution is 6.98. The van der Waals surface area contributed by atoms with Crippen LogP contribution in [0.25, 0.3) is 16.1 Å². The van der Waals surface area contributed by atoms with Crippen LogP contribution in [0.5, 0.6) is 5.75 Å². The Labute approximate surface area is 111 Å². The smallest absolute Gasteiger partial charge is 0.271 e. The lowest BCUT2D eigenvalue weighted by Gasteiger charge is -2.15. The van der Waals surface area contributed by atoms with Gasteiger partial charge in [-0.25, -0.2) is 0 Å². The Morgan fingerprint density at radius 3 is 2.63 bits per heavy atom. The third-order valence-electron chi connectivity index (χ3n) is 3.41. The Bertz CT molecular complexity index is 812. The molecule has 98 valence electrons. The van der Waals surface area contributed by atoms with Crippen molar-refractivity contribution in [2.75, 3.05) is 7.11 Å². The molecule has 1 aromatic heterocycles. The van der Waals surface area contributed by atoms with Crippen molar-refractivity contribution in [2.45, 2.75) is 19.6 Å². The highest BCUT2D eigenvalue weighted by Crippen LogP contribution is 2.21. The maximum atomic E-state index is 12.1. The Morgan fingerprint density at radius 2 is 2.00 bits per heavy atom. The molecule has 1 aromatic carbocycles. The van der Waals surface area contributed by atoms with Crippen LogP contribution in [0.15, 0.2) is 23.2 Å². The number of nitrogens with one attached hydrogen (secondary N) is 1. The van der Waals surface area contributed by atoms with E-state index in [2.05, 4.69) is 29.6 Å². The van der Waals surface area contributed by atoms with Gasteiger partial charge >= 0.3 is 0 Å². The normalized spacial score (nSPS) is 14.7. The zero-order valence-corrected chi connectivity index (χ0v) is 12.5. The number of benzene rings is 1. The SMILES string of the molecule is COc1ccc2[nH]c3c(c2c1)=C([Si](C)(C)C)C(=O)N=3. The van der Waals surface area contributed by atoms with Crippen molar-refractivity contribution in [2.24, 2.45) is 4.99 Å². The lowest BCUT2D eigenvalue weighted by molar-refractivity contribution is -0.112. The molecule has 0 spiro atoms. The fourth-order valence-electron chi connectivity index (χ4n) is 2.58. The fraction of sp³-hybridized carbons (Fsp3) is 0.286. The van der Waals surface area contributed by atoms with E-state index in [4.69, 9.17) is 4.74 Å². The van der Waals surface area contributed by atoms with Crippen LogP contribution in [0.3, 0.4) is 0 Å². The van der Waals surface area contributed by atoms with Gasteiger partial charge in [-0.05, 0) is 18.2 Å². The maximum absolute atomic E-state index is 12.1. The Kier molecular flexibility index (Phi) is 2.44. The first-order chi connectivity index (χ1) is 8.91. The number of aromatic nitrogens is 1. The number of carbonyl (C=O) groups excluding carboxylic acids is 1. The highest BCUT2D eigenvalue weighted by Gasteiger charge is 2.31. The summed E-state index contributed by atoms with van der Waals surface area (Å²) >= 11 is 0. The second-order valence-corrected chi connectivity index (χ2v) is 10.8. The van der Waals surface area contributed by atoms with Gasteiger partial charge in [0.05, 0.1) is 15.2 Å². The molecule has 0 atom stereocenters. The quantitative estimate of drug-likeness (QED) is 0.839. The minimum absolute atomic E-state index is 0.0786. The first-order valence-corrected chi connectivity index (χ1v) is 9.75. The summed E-state index contributed by atoms with van der Waals surface area (Å²) in [5, 5.41) is 2.92. The molecule has 0 saturated carbocycles. The van der Waals surface area contributed by atoms with Crippen LogP contribution in [-0.2, 0) is 4.79 Å². The molecule has 2 heterocycles. The monoisotopic (exact) mass is 272 g/mol. The zero-order valence-electron chi connectivity index (χ0n) is 11.5. The summed E-state index contributed by atoms with van der Waals surface area (Å²) in [7, 11) is -0.0889. The summed E-state index contributed by atoms with van der Waals surface area (Å²) in [6.07, 6.45) is 0. The topological polar surface area (TPSA) is 54.5 Å². The van der Waals surface area contributed by atoms with Gasteiger partial charge in [-0.2, -0.15) is 4.99 Å². The van der Waals surface area contributed by atoms with E-state index in [1.165, 1.54) is 0 Å². The average molecular weight is 272 g/mol. The lowest BCUT2D eigenvalue weighted by Crippen LogP contribution is -2.33. The average Bonchev–Trinajstić information content (AvgIpc) is 2.81. The number of fused-ring (bicyclic) bond motifs is 3. The van der Waals surface area contributed by atoms with E-state index in [1.807, 2.05) is 18.2 Å². The van der Waals surface area contributed by atoms with Crippen molar-refractivity contribution < 1.29 is 9.53 Å². The molecule has 0 fully saturated rings. The second kappa shape index (κ2) is 3.80. The summed E-state index contributed by atoms with van der Waals surface area (Å²) in [6, 6.07) is 5.84. The van der Waals surface area contributed by atoms with E-state index < -0.39 is 8.07 Å². The van der Waals surface area contributed by atoms with Crippen molar-refractivity contribution in [3.05, 3.63) is 28.9 Å². The largest absolute Gasteiger partial charge is 0.497 e. The second-order valence-electron chi connectivity index (χ2n) is 5.80. The van der Waals surface area contributed by atoms with Crippen LogP contribution in [0.4, 0.5) is 0 Å². The van der Waals surface area contributed by atoms with Crippen LogP contribution in [0.2, 0.25) is 19.6 Å². The minimum atomic E-state index is -1.73. The van der Waals surface area contributed by atoms with Crippen LogP contribution < -0.4 is 15.4 Å². The minimum Gasteiger partial charge on any atom is -0.497 e. The van der Waals surface area contributed by atoms with Crippen LogP contribution >= 0.6 is 0 Å². The van der Waals surface area contributed by atoms with Crippen molar-refractivity contribution in [1.29, 1.82) is 0 Å². The molecular weight excluding hydrogens is 256 g/mol. The van der Waals surface area contributed by atoms with E-state index in [-0.39, 0.29) is 5.91 Å². The van der Waals surface area contributed by atoms with Gasteiger partial charge in [0, 0.05) is 21.3 Å². The van der Waals surface area contributed by atoms with E-state index in [9.17, 15) is 4.79 Å². The van der Waals surface area contributed by atoms with Gasteiger partial charge in [-0.3, -0.25) is 4.79 Å². The van der Waals surface area contributed by atoms with Gasteiger partial charge < -0.3 is 9.72 Å². The molecule has 0 saturated heterocycles. The molecule has 0 unspecified atom stereocenters. The Balaban J connectivity index is 2.51. The number of hydrogen-bond donors (Lipinski definition) is 1. The van der Waals surface area contributed by atoms with Crippen molar-refractivity contribution in [3.8, 4) is 5.75 Å². The number of methoxy groups -OCH3 is 1. The number of nitrogens with zero attached hydrogens (tertiary/aromatic N) is 1. The van der Waals surface area contributed by atoms with E-state index in [0.29, 0.717) is 5.49 Å². The molecule has 2 aromatic rings. The maximum Gasteiger partial charge on any atom is 0.271 e. The molecule has 3 rings (SSSR count). The molecule has 0 aliphatic carbocycles. The van der Waals surface area contributed by atoms with Crippen LogP contribution in [0.1, 0.15) is 0 Å². The first kappa shape index (κ1) is 12.2. The molecule has 5 heteroatoms. The number of H-pyrrole nitrogens is 1. The molecule has 1 aliphatic rings. The molecule has 1 aliphatic heterocycles. The van der Waals surface area contributed by atoms with Gasteiger partial charge in [0.2, 0.25) is 0 Å². The molecule has 1 amide bonds. The zero-order chi connectivity index (χ0) is 13.8. The third kappa shape index (κ3) is 1.73. The number of ether oxygens (including phenoxy) is 1. The van der Waals surface area contributed by atoms with Gasteiger partial charge in [0.15, 0.2) is 0 Å². The lowest BCUT2D eigenvalue weighted by atomic mass is 10.2. The summed E-state index contributed by atoms with van der Waals surface area (Å²) in [6.45, 7) is 6.51. The van der Waals surface area contributed by atoms with E-state index in [1.54, 1.807) is 7.11 Å².